The minimum Gasteiger partial charge on any atom is -0.508 e. The van der Waals surface area contributed by atoms with Crippen LogP contribution in [0.5, 0.6) is 5.75 Å². The Bertz CT molecular complexity index is 279. The van der Waals surface area contributed by atoms with Crippen LogP contribution in [-0.2, 0) is 0 Å². The van der Waals surface area contributed by atoms with Gasteiger partial charge in [-0.15, -0.1) is 0 Å². The van der Waals surface area contributed by atoms with Gasteiger partial charge in [0.05, 0.1) is 0 Å². The number of hydrogen-bond acceptors (Lipinski definition) is 1. The Morgan fingerprint density at radius 1 is 1.14 bits per heavy atom. The van der Waals surface area contributed by atoms with Crippen LogP contribution in [0.2, 0.25) is 0 Å². The summed E-state index contributed by atoms with van der Waals surface area (Å²) in [6, 6.07) is 7.53. The van der Waals surface area contributed by atoms with Crippen LogP contribution in [0.15, 0.2) is 24.3 Å². The highest BCUT2D eigenvalue weighted by Crippen LogP contribution is 2.31. The average molecular weight is 192 g/mol. The van der Waals surface area contributed by atoms with E-state index >= 15 is 0 Å². The van der Waals surface area contributed by atoms with Gasteiger partial charge in [-0.3, -0.25) is 0 Å². The Labute approximate surface area is 86.8 Å². The molecule has 1 unspecified atom stereocenters. The summed E-state index contributed by atoms with van der Waals surface area (Å²) in [5, 5.41) is 9.17. The second kappa shape index (κ2) is 4.04. The molecule has 0 heterocycles. The standard InChI is InChI=1S/C13H20O/c1-10(9-13(2,3)4)11-5-7-12(14)8-6-11/h5-8,10,14H,9H2,1-4H3. The second-order valence-corrected chi connectivity index (χ2v) is 5.26. The molecule has 0 bridgehead atoms. The Kier molecular flexibility index (Phi) is 3.20. The molecule has 1 aromatic rings. The van der Waals surface area contributed by atoms with Crippen molar-refractivity contribution in [3.63, 3.8) is 0 Å². The summed E-state index contributed by atoms with van der Waals surface area (Å²) in [7, 11) is 0. The van der Waals surface area contributed by atoms with Crippen molar-refractivity contribution in [3.05, 3.63) is 29.8 Å². The molecule has 0 amide bonds. The molecule has 0 aliphatic rings. The number of benzene rings is 1. The molecule has 0 spiro atoms. The van der Waals surface area contributed by atoms with E-state index in [1.54, 1.807) is 12.1 Å². The third-order valence-electron chi connectivity index (χ3n) is 2.38. The molecule has 14 heavy (non-hydrogen) atoms. The molecule has 0 radical (unpaired) electrons. The fourth-order valence-electron chi connectivity index (χ4n) is 1.84. The van der Waals surface area contributed by atoms with E-state index in [2.05, 4.69) is 27.7 Å². The van der Waals surface area contributed by atoms with Gasteiger partial charge >= 0.3 is 0 Å². The van der Waals surface area contributed by atoms with Gasteiger partial charge in [0.25, 0.3) is 0 Å². The minimum absolute atomic E-state index is 0.344. The maximum atomic E-state index is 9.17. The van der Waals surface area contributed by atoms with E-state index in [4.69, 9.17) is 0 Å². The lowest BCUT2D eigenvalue weighted by Gasteiger charge is -2.23. The summed E-state index contributed by atoms with van der Waals surface area (Å²) in [4.78, 5) is 0. The van der Waals surface area contributed by atoms with Crippen LogP contribution in [0.1, 0.15) is 45.6 Å². The van der Waals surface area contributed by atoms with Gasteiger partial charge in [-0.05, 0) is 35.4 Å². The van der Waals surface area contributed by atoms with Gasteiger partial charge in [0.1, 0.15) is 5.75 Å². The van der Waals surface area contributed by atoms with E-state index in [9.17, 15) is 5.11 Å². The monoisotopic (exact) mass is 192 g/mol. The highest BCUT2D eigenvalue weighted by Gasteiger charge is 2.16. The summed E-state index contributed by atoms with van der Waals surface area (Å²) in [5.41, 5.74) is 1.66. The van der Waals surface area contributed by atoms with Gasteiger partial charge in [0, 0.05) is 0 Å². The van der Waals surface area contributed by atoms with E-state index in [-0.39, 0.29) is 0 Å². The van der Waals surface area contributed by atoms with Crippen molar-refractivity contribution in [1.82, 2.24) is 0 Å². The van der Waals surface area contributed by atoms with Crippen molar-refractivity contribution < 1.29 is 5.11 Å². The van der Waals surface area contributed by atoms with Gasteiger partial charge < -0.3 is 5.11 Å². The fourth-order valence-corrected chi connectivity index (χ4v) is 1.84. The van der Waals surface area contributed by atoms with Crippen LogP contribution in [0.25, 0.3) is 0 Å². The Morgan fingerprint density at radius 3 is 2.07 bits per heavy atom. The first-order chi connectivity index (χ1) is 6.38. The second-order valence-electron chi connectivity index (χ2n) is 5.26. The van der Waals surface area contributed by atoms with Gasteiger partial charge in [-0.1, -0.05) is 39.8 Å². The smallest absolute Gasteiger partial charge is 0.115 e. The zero-order valence-electron chi connectivity index (χ0n) is 9.54. The molecule has 0 saturated heterocycles. The van der Waals surface area contributed by atoms with Gasteiger partial charge in [-0.25, -0.2) is 0 Å². The van der Waals surface area contributed by atoms with E-state index in [1.807, 2.05) is 12.1 Å². The summed E-state index contributed by atoms with van der Waals surface area (Å²) in [5.74, 6) is 0.896. The first kappa shape index (κ1) is 11.1. The van der Waals surface area contributed by atoms with Crippen LogP contribution in [0.4, 0.5) is 0 Å². The van der Waals surface area contributed by atoms with Crippen LogP contribution < -0.4 is 0 Å². The lowest BCUT2D eigenvalue weighted by molar-refractivity contribution is 0.348. The predicted molar refractivity (Wildman–Crippen MR) is 60.6 cm³/mol. The molecule has 0 aliphatic heterocycles. The SMILES string of the molecule is CC(CC(C)(C)C)c1ccc(O)cc1. The molecule has 0 aromatic heterocycles. The van der Waals surface area contributed by atoms with Crippen molar-refractivity contribution in [1.29, 1.82) is 0 Å². The maximum Gasteiger partial charge on any atom is 0.115 e. The number of aromatic hydroxyl groups is 1. The van der Waals surface area contributed by atoms with Crippen molar-refractivity contribution in [2.24, 2.45) is 5.41 Å². The summed E-state index contributed by atoms with van der Waals surface area (Å²) in [6.45, 7) is 9.00. The third-order valence-corrected chi connectivity index (χ3v) is 2.38. The molecule has 1 N–H and O–H groups in total. The Hall–Kier alpha value is -0.980. The Morgan fingerprint density at radius 2 is 1.64 bits per heavy atom. The molecule has 0 saturated carbocycles. The molecule has 1 atom stereocenters. The molecular weight excluding hydrogens is 172 g/mol. The molecule has 78 valence electrons. The highest BCUT2D eigenvalue weighted by atomic mass is 16.3. The van der Waals surface area contributed by atoms with Crippen molar-refractivity contribution in [2.75, 3.05) is 0 Å². The molecular formula is C13H20O. The number of phenolic OH excluding ortho intramolecular Hbond substituents is 1. The molecule has 1 heteroatoms. The van der Waals surface area contributed by atoms with Crippen molar-refractivity contribution >= 4 is 0 Å². The first-order valence-electron chi connectivity index (χ1n) is 5.17. The lowest BCUT2D eigenvalue weighted by Crippen LogP contribution is -2.09. The largest absolute Gasteiger partial charge is 0.508 e. The van der Waals surface area contributed by atoms with Crippen molar-refractivity contribution in [3.8, 4) is 5.75 Å². The van der Waals surface area contributed by atoms with Gasteiger partial charge in [0.2, 0.25) is 0 Å². The first-order valence-corrected chi connectivity index (χ1v) is 5.17. The molecule has 0 fully saturated rings. The molecule has 1 aromatic carbocycles. The lowest BCUT2D eigenvalue weighted by atomic mass is 9.82. The topological polar surface area (TPSA) is 20.2 Å². The number of phenols is 1. The third kappa shape index (κ3) is 3.41. The van der Waals surface area contributed by atoms with E-state index in [1.165, 1.54) is 5.56 Å². The zero-order valence-corrected chi connectivity index (χ0v) is 9.54. The van der Waals surface area contributed by atoms with Crippen LogP contribution >= 0.6 is 0 Å². The normalized spacial score (nSPS) is 14.0. The van der Waals surface area contributed by atoms with E-state index < -0.39 is 0 Å². The quantitative estimate of drug-likeness (QED) is 0.752. The van der Waals surface area contributed by atoms with Crippen LogP contribution in [0.3, 0.4) is 0 Å². The van der Waals surface area contributed by atoms with Crippen LogP contribution in [0, 0.1) is 5.41 Å². The van der Waals surface area contributed by atoms with Gasteiger partial charge in [0.15, 0.2) is 0 Å². The molecule has 0 aliphatic carbocycles. The highest BCUT2D eigenvalue weighted by molar-refractivity contribution is 5.28. The maximum absolute atomic E-state index is 9.17. The van der Waals surface area contributed by atoms with Gasteiger partial charge in [-0.2, -0.15) is 0 Å². The average Bonchev–Trinajstić information content (AvgIpc) is 2.02. The fraction of sp³-hybridized carbons (Fsp3) is 0.538. The minimum atomic E-state index is 0.344. The molecule has 1 rings (SSSR count). The van der Waals surface area contributed by atoms with Crippen molar-refractivity contribution in [2.45, 2.75) is 40.0 Å². The predicted octanol–water partition coefficient (Wildman–Crippen LogP) is 3.93. The summed E-state index contributed by atoms with van der Waals surface area (Å²) >= 11 is 0. The summed E-state index contributed by atoms with van der Waals surface area (Å²) in [6.07, 6.45) is 1.16. The zero-order chi connectivity index (χ0) is 10.8. The van der Waals surface area contributed by atoms with E-state index in [0.717, 1.165) is 6.42 Å². The van der Waals surface area contributed by atoms with E-state index in [0.29, 0.717) is 17.1 Å². The molecule has 1 nitrogen and oxygen atoms in total. The summed E-state index contributed by atoms with van der Waals surface area (Å²) < 4.78 is 0. The van der Waals surface area contributed by atoms with Crippen LogP contribution in [-0.4, -0.2) is 5.11 Å². The number of hydrogen-bond donors (Lipinski definition) is 1. The number of rotatable bonds is 2. The Balaban J connectivity index is 2.70.